The molecule has 3 aromatic rings. The van der Waals surface area contributed by atoms with Gasteiger partial charge in [-0.25, -0.2) is 9.37 Å². The molecule has 0 fully saturated rings. The third-order valence-electron chi connectivity index (χ3n) is 2.92. The molecule has 2 nitrogen and oxygen atoms in total. The van der Waals surface area contributed by atoms with Crippen molar-refractivity contribution in [2.45, 2.75) is 5.88 Å². The van der Waals surface area contributed by atoms with E-state index in [1.807, 2.05) is 34.9 Å². The summed E-state index contributed by atoms with van der Waals surface area (Å²) in [6, 6.07) is 12.8. The minimum absolute atomic E-state index is 0.235. The molecule has 0 atom stereocenters. The molecular weight excluding hydrogens is 378 g/mol. The van der Waals surface area contributed by atoms with Crippen molar-refractivity contribution in [1.29, 1.82) is 0 Å². The van der Waals surface area contributed by atoms with Crippen LogP contribution < -0.4 is 0 Å². The van der Waals surface area contributed by atoms with E-state index in [4.69, 9.17) is 11.6 Å². The van der Waals surface area contributed by atoms with Gasteiger partial charge >= 0.3 is 0 Å². The Labute approximate surface area is 128 Å². The van der Waals surface area contributed by atoms with Crippen LogP contribution in [0.5, 0.6) is 0 Å². The van der Waals surface area contributed by atoms with Crippen LogP contribution in [0.25, 0.3) is 16.7 Å². The van der Waals surface area contributed by atoms with Crippen LogP contribution in [0.4, 0.5) is 4.39 Å². The van der Waals surface area contributed by atoms with E-state index >= 15 is 0 Å². The summed E-state index contributed by atoms with van der Waals surface area (Å²) in [7, 11) is 0. The van der Waals surface area contributed by atoms with E-state index in [1.54, 1.807) is 6.07 Å². The number of para-hydroxylation sites is 2. The summed E-state index contributed by atoms with van der Waals surface area (Å²) in [6.07, 6.45) is 0. The number of hydrogen-bond donors (Lipinski definition) is 0. The Morgan fingerprint density at radius 3 is 2.68 bits per heavy atom. The normalized spacial score (nSPS) is 11.1. The van der Waals surface area contributed by atoms with Crippen LogP contribution in [0.15, 0.2) is 42.5 Å². The summed E-state index contributed by atoms with van der Waals surface area (Å²) >= 11 is 8.20. The van der Waals surface area contributed by atoms with Gasteiger partial charge in [0.05, 0.1) is 17.1 Å². The fourth-order valence-electron chi connectivity index (χ4n) is 2.10. The topological polar surface area (TPSA) is 17.8 Å². The van der Waals surface area contributed by atoms with Gasteiger partial charge in [0.2, 0.25) is 0 Å². The van der Waals surface area contributed by atoms with Crippen LogP contribution in [0.3, 0.4) is 0 Å². The second-order valence-corrected chi connectivity index (χ2v) is 5.49. The number of fused-ring (bicyclic) bond motifs is 1. The SMILES string of the molecule is Fc1cccc2c1nc(CCl)n2-c1ccccc1I. The molecule has 2 aromatic carbocycles. The van der Waals surface area contributed by atoms with E-state index in [9.17, 15) is 4.39 Å². The standard InChI is InChI=1S/C14H9ClFIN2/c15-8-13-18-14-9(16)4-3-7-12(14)19(13)11-6-2-1-5-10(11)17/h1-7H,8H2. The van der Waals surface area contributed by atoms with E-state index in [1.165, 1.54) is 6.07 Å². The maximum absolute atomic E-state index is 13.8. The molecule has 19 heavy (non-hydrogen) atoms. The van der Waals surface area contributed by atoms with Crippen molar-refractivity contribution in [3.05, 3.63) is 57.7 Å². The Kier molecular flexibility index (Phi) is 3.45. The van der Waals surface area contributed by atoms with Crippen molar-refractivity contribution in [3.8, 4) is 5.69 Å². The molecule has 0 bridgehead atoms. The molecule has 0 radical (unpaired) electrons. The van der Waals surface area contributed by atoms with Crippen molar-refractivity contribution < 1.29 is 4.39 Å². The lowest BCUT2D eigenvalue weighted by Gasteiger charge is -2.09. The van der Waals surface area contributed by atoms with Gasteiger partial charge in [0.15, 0.2) is 5.82 Å². The Hall–Kier alpha value is -1.14. The largest absolute Gasteiger partial charge is 0.294 e. The highest BCUT2D eigenvalue weighted by atomic mass is 127. The molecule has 0 aliphatic carbocycles. The molecule has 0 amide bonds. The summed E-state index contributed by atoms with van der Waals surface area (Å²) < 4.78 is 16.8. The molecule has 1 heterocycles. The predicted molar refractivity (Wildman–Crippen MR) is 83.3 cm³/mol. The Morgan fingerprint density at radius 1 is 1.16 bits per heavy atom. The lowest BCUT2D eigenvalue weighted by atomic mass is 10.2. The molecule has 0 aliphatic heterocycles. The van der Waals surface area contributed by atoms with Crippen molar-refractivity contribution >= 4 is 45.2 Å². The Balaban J connectivity index is 2.40. The maximum atomic E-state index is 13.8. The number of hydrogen-bond acceptors (Lipinski definition) is 1. The van der Waals surface area contributed by atoms with Crippen LogP contribution in [0, 0.1) is 9.39 Å². The van der Waals surface area contributed by atoms with Gasteiger partial charge in [-0.05, 0) is 46.9 Å². The third kappa shape index (κ3) is 2.12. The monoisotopic (exact) mass is 386 g/mol. The number of imidazole rings is 1. The first kappa shape index (κ1) is 12.9. The molecule has 1 aromatic heterocycles. The van der Waals surface area contributed by atoms with E-state index in [0.717, 1.165) is 14.8 Å². The van der Waals surface area contributed by atoms with Crippen molar-refractivity contribution in [3.63, 3.8) is 0 Å². The maximum Gasteiger partial charge on any atom is 0.151 e. The number of benzene rings is 2. The zero-order chi connectivity index (χ0) is 13.4. The summed E-state index contributed by atoms with van der Waals surface area (Å²) in [4.78, 5) is 4.30. The lowest BCUT2D eigenvalue weighted by Crippen LogP contribution is -2.01. The first-order valence-electron chi connectivity index (χ1n) is 5.69. The zero-order valence-corrected chi connectivity index (χ0v) is 12.7. The summed E-state index contributed by atoms with van der Waals surface area (Å²) in [5.74, 6) is 0.554. The van der Waals surface area contributed by atoms with Crippen LogP contribution in [-0.4, -0.2) is 9.55 Å². The van der Waals surface area contributed by atoms with Gasteiger partial charge in [0, 0.05) is 3.57 Å². The van der Waals surface area contributed by atoms with Gasteiger partial charge in [0.25, 0.3) is 0 Å². The van der Waals surface area contributed by atoms with Gasteiger partial charge in [-0.15, -0.1) is 11.6 Å². The number of aromatic nitrogens is 2. The molecule has 96 valence electrons. The quantitative estimate of drug-likeness (QED) is 0.468. The molecule has 0 saturated carbocycles. The number of alkyl halides is 1. The minimum Gasteiger partial charge on any atom is -0.294 e. The molecule has 0 spiro atoms. The number of rotatable bonds is 2. The van der Waals surface area contributed by atoms with Crippen LogP contribution in [-0.2, 0) is 5.88 Å². The molecule has 5 heteroatoms. The van der Waals surface area contributed by atoms with Crippen LogP contribution in [0.2, 0.25) is 0 Å². The van der Waals surface area contributed by atoms with Gasteiger partial charge < -0.3 is 0 Å². The summed E-state index contributed by atoms with van der Waals surface area (Å²) in [6.45, 7) is 0. The Morgan fingerprint density at radius 2 is 1.95 bits per heavy atom. The van der Waals surface area contributed by atoms with Gasteiger partial charge in [-0.3, -0.25) is 4.57 Å². The fraction of sp³-hybridized carbons (Fsp3) is 0.0714. The molecular formula is C14H9ClFIN2. The zero-order valence-electron chi connectivity index (χ0n) is 9.78. The van der Waals surface area contributed by atoms with Gasteiger partial charge in [0.1, 0.15) is 11.3 Å². The van der Waals surface area contributed by atoms with Crippen LogP contribution in [0.1, 0.15) is 5.82 Å². The molecule has 0 N–H and O–H groups in total. The van der Waals surface area contributed by atoms with Crippen molar-refractivity contribution in [2.75, 3.05) is 0 Å². The molecule has 0 saturated heterocycles. The average molecular weight is 387 g/mol. The molecule has 0 unspecified atom stereocenters. The smallest absolute Gasteiger partial charge is 0.151 e. The highest BCUT2D eigenvalue weighted by molar-refractivity contribution is 14.1. The summed E-state index contributed by atoms with van der Waals surface area (Å²) in [5.41, 5.74) is 2.06. The number of halogens is 3. The first-order valence-corrected chi connectivity index (χ1v) is 7.30. The molecule has 3 rings (SSSR count). The lowest BCUT2D eigenvalue weighted by molar-refractivity contribution is 0.637. The first-order chi connectivity index (χ1) is 9.22. The van der Waals surface area contributed by atoms with E-state index in [2.05, 4.69) is 27.6 Å². The highest BCUT2D eigenvalue weighted by Gasteiger charge is 2.15. The van der Waals surface area contributed by atoms with E-state index < -0.39 is 0 Å². The van der Waals surface area contributed by atoms with E-state index in [-0.39, 0.29) is 11.7 Å². The molecule has 0 aliphatic rings. The average Bonchev–Trinajstić information content (AvgIpc) is 2.79. The third-order valence-corrected chi connectivity index (χ3v) is 4.07. The highest BCUT2D eigenvalue weighted by Crippen LogP contribution is 2.27. The van der Waals surface area contributed by atoms with E-state index in [0.29, 0.717) is 11.3 Å². The van der Waals surface area contributed by atoms with Gasteiger partial charge in [-0.1, -0.05) is 18.2 Å². The second-order valence-electron chi connectivity index (χ2n) is 4.06. The van der Waals surface area contributed by atoms with Crippen molar-refractivity contribution in [1.82, 2.24) is 9.55 Å². The predicted octanol–water partition coefficient (Wildman–Crippen LogP) is 4.51. The van der Waals surface area contributed by atoms with Crippen molar-refractivity contribution in [2.24, 2.45) is 0 Å². The fourth-order valence-corrected chi connectivity index (χ4v) is 2.91. The summed E-state index contributed by atoms with van der Waals surface area (Å²) in [5, 5.41) is 0. The Bertz CT molecular complexity index is 754. The number of nitrogens with zero attached hydrogens (tertiary/aromatic N) is 2. The van der Waals surface area contributed by atoms with Gasteiger partial charge in [-0.2, -0.15) is 0 Å². The second kappa shape index (κ2) is 5.09. The minimum atomic E-state index is -0.325. The van der Waals surface area contributed by atoms with Crippen LogP contribution >= 0.6 is 34.2 Å².